The second kappa shape index (κ2) is 5.37. The molecule has 1 heterocycles. The average Bonchev–Trinajstić information content (AvgIpc) is 2.27. The van der Waals surface area contributed by atoms with Crippen LogP contribution in [0.15, 0.2) is 0 Å². The van der Waals surface area contributed by atoms with E-state index in [-0.39, 0.29) is 11.9 Å². The fourth-order valence-corrected chi connectivity index (χ4v) is 2.32. The molecule has 0 aromatic rings. The number of carbonyl (C=O) groups is 1. The van der Waals surface area contributed by atoms with Crippen LogP contribution < -0.4 is 5.73 Å². The molecule has 1 rings (SSSR count). The standard InChI is InChI=1S/C12H23ClN2O/c1-4-9-5-6-15(7-10(9)14)11(16)12(2,3)8-13/h9-10H,4-8,14H2,1-3H3. The van der Waals surface area contributed by atoms with Gasteiger partial charge >= 0.3 is 0 Å². The second-order valence-corrected chi connectivity index (χ2v) is 5.66. The topological polar surface area (TPSA) is 46.3 Å². The summed E-state index contributed by atoms with van der Waals surface area (Å²) in [6, 6.07) is 0.119. The highest BCUT2D eigenvalue weighted by molar-refractivity contribution is 6.19. The summed E-state index contributed by atoms with van der Waals surface area (Å²) in [6.45, 7) is 7.44. The summed E-state index contributed by atoms with van der Waals surface area (Å²) in [5.74, 6) is 1.05. The summed E-state index contributed by atoms with van der Waals surface area (Å²) >= 11 is 5.82. The minimum Gasteiger partial charge on any atom is -0.341 e. The number of nitrogens with zero attached hydrogens (tertiary/aromatic N) is 1. The summed E-state index contributed by atoms with van der Waals surface area (Å²) in [5.41, 5.74) is 5.60. The molecule has 4 heteroatoms. The van der Waals surface area contributed by atoms with Crippen LogP contribution in [0.4, 0.5) is 0 Å². The Morgan fingerprint density at radius 3 is 2.62 bits per heavy atom. The molecular weight excluding hydrogens is 224 g/mol. The van der Waals surface area contributed by atoms with Gasteiger partial charge in [-0.25, -0.2) is 0 Å². The van der Waals surface area contributed by atoms with Crippen molar-refractivity contribution in [3.8, 4) is 0 Å². The Bertz CT molecular complexity index is 255. The molecule has 1 aliphatic rings. The molecule has 2 N–H and O–H groups in total. The van der Waals surface area contributed by atoms with Crippen LogP contribution in [-0.4, -0.2) is 35.8 Å². The highest BCUT2D eigenvalue weighted by atomic mass is 35.5. The second-order valence-electron chi connectivity index (χ2n) is 5.39. The lowest BCUT2D eigenvalue weighted by Crippen LogP contribution is -2.53. The van der Waals surface area contributed by atoms with Crippen LogP contribution in [0.2, 0.25) is 0 Å². The fourth-order valence-electron chi connectivity index (χ4n) is 2.21. The van der Waals surface area contributed by atoms with Crippen molar-refractivity contribution >= 4 is 17.5 Å². The van der Waals surface area contributed by atoms with Crippen LogP contribution in [0.25, 0.3) is 0 Å². The molecule has 2 unspecified atom stereocenters. The van der Waals surface area contributed by atoms with Gasteiger partial charge in [-0.1, -0.05) is 13.3 Å². The number of amides is 1. The molecule has 0 bridgehead atoms. The zero-order valence-corrected chi connectivity index (χ0v) is 11.3. The van der Waals surface area contributed by atoms with Gasteiger partial charge in [0.1, 0.15) is 0 Å². The van der Waals surface area contributed by atoms with E-state index in [1.54, 1.807) is 0 Å². The van der Waals surface area contributed by atoms with E-state index in [1.807, 2.05) is 18.7 Å². The average molecular weight is 247 g/mol. The third kappa shape index (κ3) is 2.89. The zero-order chi connectivity index (χ0) is 12.3. The number of carbonyl (C=O) groups excluding carboxylic acids is 1. The van der Waals surface area contributed by atoms with Gasteiger partial charge in [0.15, 0.2) is 0 Å². The van der Waals surface area contributed by atoms with Crippen molar-refractivity contribution < 1.29 is 4.79 Å². The van der Waals surface area contributed by atoms with Gasteiger partial charge in [0.2, 0.25) is 5.91 Å². The molecule has 16 heavy (non-hydrogen) atoms. The Labute approximate surface area is 103 Å². The Morgan fingerprint density at radius 1 is 1.56 bits per heavy atom. The number of nitrogens with two attached hydrogens (primary N) is 1. The molecule has 0 aromatic carbocycles. The molecule has 0 saturated carbocycles. The molecule has 1 saturated heterocycles. The highest BCUT2D eigenvalue weighted by Gasteiger charge is 2.35. The largest absolute Gasteiger partial charge is 0.341 e. The van der Waals surface area contributed by atoms with E-state index in [0.29, 0.717) is 18.3 Å². The van der Waals surface area contributed by atoms with E-state index in [1.165, 1.54) is 0 Å². The normalized spacial score (nSPS) is 26.9. The first-order valence-corrected chi connectivity index (χ1v) is 6.56. The first kappa shape index (κ1) is 13.8. The van der Waals surface area contributed by atoms with Gasteiger partial charge in [0, 0.05) is 25.0 Å². The summed E-state index contributed by atoms with van der Waals surface area (Å²) in [6.07, 6.45) is 2.11. The van der Waals surface area contributed by atoms with E-state index in [9.17, 15) is 4.79 Å². The molecule has 3 nitrogen and oxygen atoms in total. The molecule has 0 radical (unpaired) electrons. The summed E-state index contributed by atoms with van der Waals surface area (Å²) in [4.78, 5) is 14.1. The zero-order valence-electron chi connectivity index (χ0n) is 10.5. The van der Waals surface area contributed by atoms with E-state index < -0.39 is 5.41 Å². The third-order valence-electron chi connectivity index (χ3n) is 3.53. The number of likely N-dealkylation sites (tertiary alicyclic amines) is 1. The van der Waals surface area contributed by atoms with Crippen LogP contribution in [-0.2, 0) is 4.79 Å². The van der Waals surface area contributed by atoms with E-state index in [4.69, 9.17) is 17.3 Å². The molecule has 1 aliphatic heterocycles. The smallest absolute Gasteiger partial charge is 0.229 e. The van der Waals surface area contributed by atoms with Crippen molar-refractivity contribution in [2.45, 2.75) is 39.7 Å². The maximum absolute atomic E-state index is 12.2. The lowest BCUT2D eigenvalue weighted by Gasteiger charge is -2.39. The first-order chi connectivity index (χ1) is 7.42. The first-order valence-electron chi connectivity index (χ1n) is 6.03. The van der Waals surface area contributed by atoms with Gasteiger partial charge in [-0.05, 0) is 26.2 Å². The van der Waals surface area contributed by atoms with Crippen molar-refractivity contribution in [3.05, 3.63) is 0 Å². The minimum atomic E-state index is -0.472. The van der Waals surface area contributed by atoms with Crippen molar-refractivity contribution in [2.75, 3.05) is 19.0 Å². The molecule has 1 amide bonds. The van der Waals surface area contributed by atoms with E-state index in [0.717, 1.165) is 19.4 Å². The monoisotopic (exact) mass is 246 g/mol. The van der Waals surface area contributed by atoms with Gasteiger partial charge in [-0.3, -0.25) is 4.79 Å². The number of hydrogen-bond acceptors (Lipinski definition) is 2. The molecule has 94 valence electrons. The fraction of sp³-hybridized carbons (Fsp3) is 0.917. The van der Waals surface area contributed by atoms with Crippen molar-refractivity contribution in [2.24, 2.45) is 17.1 Å². The molecule has 0 spiro atoms. The summed E-state index contributed by atoms with van der Waals surface area (Å²) in [7, 11) is 0. The Kier molecular flexibility index (Phi) is 4.62. The molecule has 0 aromatic heterocycles. The SMILES string of the molecule is CCC1CCN(C(=O)C(C)(C)CCl)CC1N. The van der Waals surface area contributed by atoms with Crippen LogP contribution in [0, 0.1) is 11.3 Å². The number of rotatable bonds is 3. The number of alkyl halides is 1. The lowest BCUT2D eigenvalue weighted by atomic mass is 9.87. The Hall–Kier alpha value is -0.280. The van der Waals surface area contributed by atoms with Gasteiger partial charge in [-0.15, -0.1) is 11.6 Å². The Morgan fingerprint density at radius 2 is 2.19 bits per heavy atom. The number of halogens is 1. The minimum absolute atomic E-state index is 0.119. The van der Waals surface area contributed by atoms with Crippen molar-refractivity contribution in [3.63, 3.8) is 0 Å². The van der Waals surface area contributed by atoms with Crippen LogP contribution >= 0.6 is 11.6 Å². The number of hydrogen-bond donors (Lipinski definition) is 1. The Balaban J connectivity index is 2.61. The predicted molar refractivity (Wildman–Crippen MR) is 67.5 cm³/mol. The quantitative estimate of drug-likeness (QED) is 0.773. The predicted octanol–water partition coefficient (Wildman–Crippen LogP) is 1.84. The van der Waals surface area contributed by atoms with Gasteiger partial charge in [-0.2, -0.15) is 0 Å². The molecule has 2 atom stereocenters. The highest BCUT2D eigenvalue weighted by Crippen LogP contribution is 2.25. The van der Waals surface area contributed by atoms with Gasteiger partial charge in [0.25, 0.3) is 0 Å². The van der Waals surface area contributed by atoms with Crippen LogP contribution in [0.3, 0.4) is 0 Å². The van der Waals surface area contributed by atoms with E-state index >= 15 is 0 Å². The van der Waals surface area contributed by atoms with Crippen molar-refractivity contribution in [1.82, 2.24) is 4.90 Å². The van der Waals surface area contributed by atoms with Gasteiger partial charge < -0.3 is 10.6 Å². The van der Waals surface area contributed by atoms with Gasteiger partial charge in [0.05, 0.1) is 5.41 Å². The number of piperidine rings is 1. The maximum atomic E-state index is 12.2. The third-order valence-corrected chi connectivity index (χ3v) is 4.20. The summed E-state index contributed by atoms with van der Waals surface area (Å²) in [5, 5.41) is 0. The molecular formula is C12H23ClN2O. The van der Waals surface area contributed by atoms with Crippen LogP contribution in [0.1, 0.15) is 33.6 Å². The van der Waals surface area contributed by atoms with E-state index in [2.05, 4.69) is 6.92 Å². The molecule has 0 aliphatic carbocycles. The summed E-state index contributed by atoms with van der Waals surface area (Å²) < 4.78 is 0. The maximum Gasteiger partial charge on any atom is 0.229 e. The van der Waals surface area contributed by atoms with Crippen molar-refractivity contribution in [1.29, 1.82) is 0 Å². The lowest BCUT2D eigenvalue weighted by molar-refractivity contribution is -0.141. The van der Waals surface area contributed by atoms with Crippen LogP contribution in [0.5, 0.6) is 0 Å². The molecule has 1 fully saturated rings.